The molecule has 0 saturated carbocycles. The van der Waals surface area contributed by atoms with E-state index in [1.54, 1.807) is 18.2 Å². The van der Waals surface area contributed by atoms with Crippen LogP contribution in [-0.2, 0) is 16.4 Å². The molecular weight excluding hydrogens is 500 g/mol. The lowest BCUT2D eigenvalue weighted by Gasteiger charge is -2.12. The van der Waals surface area contributed by atoms with Crippen molar-refractivity contribution in [3.05, 3.63) is 66.4 Å². The first-order valence-corrected chi connectivity index (χ1v) is 13.2. The second kappa shape index (κ2) is 11.6. The van der Waals surface area contributed by atoms with Gasteiger partial charge in [0, 0.05) is 30.3 Å². The van der Waals surface area contributed by atoms with Crippen molar-refractivity contribution >= 4 is 15.7 Å². The maximum atomic E-state index is 12.6. The molecule has 3 N–H and O–H groups in total. The molecule has 0 aliphatic rings. The van der Waals surface area contributed by atoms with Gasteiger partial charge < -0.3 is 15.6 Å². The van der Waals surface area contributed by atoms with Crippen LogP contribution in [0.25, 0.3) is 34.0 Å². The van der Waals surface area contributed by atoms with E-state index in [4.69, 9.17) is 10.3 Å². The monoisotopic (exact) mass is 527 g/mol. The molecule has 2 aromatic heterocycles. The van der Waals surface area contributed by atoms with Crippen LogP contribution in [0.1, 0.15) is 18.9 Å². The number of anilines is 1. The summed E-state index contributed by atoms with van der Waals surface area (Å²) >= 11 is 0. The summed E-state index contributed by atoms with van der Waals surface area (Å²) < 4.78 is 55.6. The van der Waals surface area contributed by atoms with Crippen molar-refractivity contribution in [3.63, 3.8) is 0 Å². The van der Waals surface area contributed by atoms with Gasteiger partial charge in [-0.15, -0.1) is 0 Å². The Balaban J connectivity index is 1.55. The van der Waals surface area contributed by atoms with Crippen LogP contribution in [0, 0.1) is 0 Å². The second-order valence-electron chi connectivity index (χ2n) is 8.49. The summed E-state index contributed by atoms with van der Waals surface area (Å²) in [7, 11) is -3.63. The first-order valence-electron chi connectivity index (χ1n) is 11.7. The molecule has 37 heavy (non-hydrogen) atoms. The van der Waals surface area contributed by atoms with Crippen LogP contribution in [0.15, 0.2) is 70.2 Å². The van der Waals surface area contributed by atoms with Gasteiger partial charge in [-0.3, -0.25) is 4.39 Å². The molecule has 1 atom stereocenters. The Morgan fingerprint density at radius 3 is 2.35 bits per heavy atom. The fourth-order valence-corrected chi connectivity index (χ4v) is 5.07. The third-order valence-electron chi connectivity index (χ3n) is 5.92. The predicted octanol–water partition coefficient (Wildman–Crippen LogP) is 4.63. The van der Waals surface area contributed by atoms with Crippen molar-refractivity contribution in [2.45, 2.75) is 30.0 Å². The lowest BCUT2D eigenvalue weighted by Crippen LogP contribution is -2.18. The molecule has 1 unspecified atom stereocenters. The molecule has 2 aromatic carbocycles. The van der Waals surface area contributed by atoms with Gasteiger partial charge in [0.15, 0.2) is 27.1 Å². The van der Waals surface area contributed by atoms with E-state index in [2.05, 4.69) is 20.4 Å². The normalized spacial score (nSPS) is 12.5. The van der Waals surface area contributed by atoms with E-state index < -0.39 is 28.4 Å². The van der Waals surface area contributed by atoms with E-state index in [1.807, 2.05) is 24.3 Å². The first kappa shape index (κ1) is 26.4. The van der Waals surface area contributed by atoms with Gasteiger partial charge in [-0.1, -0.05) is 41.6 Å². The van der Waals surface area contributed by atoms with Crippen LogP contribution >= 0.6 is 0 Å². The topological polar surface area (TPSA) is 124 Å². The second-order valence-corrected chi connectivity index (χ2v) is 10.9. The van der Waals surface area contributed by atoms with Gasteiger partial charge in [0.2, 0.25) is 0 Å². The molecule has 0 spiro atoms. The van der Waals surface area contributed by atoms with Gasteiger partial charge in [-0.25, -0.2) is 22.8 Å². The number of benzene rings is 2. The van der Waals surface area contributed by atoms with E-state index in [-0.39, 0.29) is 17.1 Å². The maximum Gasteiger partial charge on any atom is 0.189 e. The van der Waals surface area contributed by atoms with Crippen LogP contribution in [0.3, 0.4) is 0 Å². The van der Waals surface area contributed by atoms with Crippen molar-refractivity contribution in [1.29, 1.82) is 0 Å². The summed E-state index contributed by atoms with van der Waals surface area (Å²) in [4.78, 5) is 8.91. The third-order valence-corrected chi connectivity index (χ3v) is 8.14. The molecule has 11 heteroatoms. The number of rotatable bonds is 11. The number of hydrogen-bond acceptors (Lipinski definition) is 8. The first-order chi connectivity index (χ1) is 17.8. The summed E-state index contributed by atoms with van der Waals surface area (Å²) in [6.45, 7) is 1.25. The molecule has 0 bridgehead atoms. The Morgan fingerprint density at radius 1 is 1.00 bits per heavy atom. The van der Waals surface area contributed by atoms with Crippen LogP contribution in [0.4, 0.5) is 14.6 Å². The maximum absolute atomic E-state index is 12.6. The lowest BCUT2D eigenvalue weighted by molar-refractivity contribution is 0.434. The molecule has 2 heterocycles. The summed E-state index contributed by atoms with van der Waals surface area (Å²) in [6.07, 6.45) is 1.43. The highest BCUT2D eigenvalue weighted by atomic mass is 32.2. The number of nitrogens with two attached hydrogens (primary N) is 1. The minimum absolute atomic E-state index is 0.0577. The lowest BCUT2D eigenvalue weighted by atomic mass is 10.1. The summed E-state index contributed by atoms with van der Waals surface area (Å²) in [5.41, 5.74) is 9.88. The fraction of sp³-hybridized carbons (Fsp3) is 0.269. The zero-order valence-electron chi connectivity index (χ0n) is 20.2. The van der Waals surface area contributed by atoms with Crippen LogP contribution in [-0.4, -0.2) is 48.7 Å². The van der Waals surface area contributed by atoms with Crippen molar-refractivity contribution in [3.8, 4) is 34.0 Å². The molecule has 8 nitrogen and oxygen atoms in total. The Labute approximate surface area is 213 Å². The van der Waals surface area contributed by atoms with Gasteiger partial charge in [-0.05, 0) is 31.0 Å². The van der Waals surface area contributed by atoms with Crippen molar-refractivity contribution in [1.82, 2.24) is 20.4 Å². The quantitative estimate of drug-likeness (QED) is 0.271. The van der Waals surface area contributed by atoms with E-state index in [9.17, 15) is 17.2 Å². The van der Waals surface area contributed by atoms with Gasteiger partial charge in [0.1, 0.15) is 12.4 Å². The number of hydrogen-bond donors (Lipinski definition) is 2. The average molecular weight is 528 g/mol. The number of nitrogens with zero attached hydrogens (tertiary/aromatic N) is 3. The number of nitrogen functional groups attached to an aromatic ring is 1. The zero-order chi connectivity index (χ0) is 26.4. The Bertz CT molecular complexity index is 1440. The zero-order valence-corrected chi connectivity index (χ0v) is 21.0. The molecule has 0 aliphatic heterocycles. The molecule has 0 aliphatic carbocycles. The van der Waals surface area contributed by atoms with Crippen molar-refractivity contribution < 1.29 is 21.7 Å². The summed E-state index contributed by atoms with van der Waals surface area (Å²) in [5, 5.41) is 6.31. The molecule has 4 aromatic rings. The van der Waals surface area contributed by atoms with Crippen LogP contribution in [0.2, 0.25) is 0 Å². The van der Waals surface area contributed by atoms with Gasteiger partial charge >= 0.3 is 0 Å². The SMILES string of the molecule is CC(CCF)S(=O)(=O)c1ccc(-c2cnc(N)c(-c3cc(-c4ccc(CNCCF)cc4)no3)n2)cc1. The minimum Gasteiger partial charge on any atom is -0.382 e. The fourth-order valence-electron chi connectivity index (χ4n) is 3.69. The highest BCUT2D eigenvalue weighted by Gasteiger charge is 2.23. The number of halogens is 2. The number of alkyl halides is 2. The van der Waals surface area contributed by atoms with Crippen LogP contribution < -0.4 is 11.1 Å². The predicted molar refractivity (Wildman–Crippen MR) is 138 cm³/mol. The van der Waals surface area contributed by atoms with Gasteiger partial charge in [-0.2, -0.15) is 0 Å². The van der Waals surface area contributed by atoms with Crippen molar-refractivity contribution in [2.24, 2.45) is 0 Å². The van der Waals surface area contributed by atoms with Gasteiger partial charge in [0.05, 0.1) is 28.7 Å². The molecular formula is C26H27F2N5O3S. The van der Waals surface area contributed by atoms with Gasteiger partial charge in [0.25, 0.3) is 0 Å². The Morgan fingerprint density at radius 2 is 1.68 bits per heavy atom. The van der Waals surface area contributed by atoms with E-state index in [0.717, 1.165) is 11.1 Å². The molecule has 0 fully saturated rings. The Hall–Kier alpha value is -3.70. The smallest absolute Gasteiger partial charge is 0.189 e. The van der Waals surface area contributed by atoms with E-state index >= 15 is 0 Å². The molecule has 0 amide bonds. The number of sulfone groups is 1. The van der Waals surface area contributed by atoms with Crippen LogP contribution in [0.5, 0.6) is 0 Å². The number of nitrogens with one attached hydrogen (secondary N) is 1. The molecule has 0 radical (unpaired) electrons. The Kier molecular flexibility index (Phi) is 8.24. The highest BCUT2D eigenvalue weighted by Crippen LogP contribution is 2.30. The molecule has 194 valence electrons. The van der Waals surface area contributed by atoms with E-state index in [1.165, 1.54) is 25.3 Å². The standard InChI is InChI=1S/C26H27F2N5O3S/c1-17(10-11-27)37(34,35)21-8-6-20(7-9-21)23-16-31-26(29)25(32-23)24-14-22(33-36-24)19-4-2-18(3-5-19)15-30-13-12-28/h2-9,14,16-17,30H,10-13,15H2,1H3,(H2,29,31). The average Bonchev–Trinajstić information content (AvgIpc) is 3.40. The third kappa shape index (κ3) is 6.00. The van der Waals surface area contributed by atoms with E-state index in [0.29, 0.717) is 41.5 Å². The summed E-state index contributed by atoms with van der Waals surface area (Å²) in [6, 6.07) is 15.5. The minimum atomic E-state index is -3.63. The highest BCUT2D eigenvalue weighted by molar-refractivity contribution is 7.92. The largest absolute Gasteiger partial charge is 0.382 e. The van der Waals surface area contributed by atoms with Crippen molar-refractivity contribution in [2.75, 3.05) is 25.6 Å². The molecule has 4 rings (SSSR count). The molecule has 0 saturated heterocycles. The summed E-state index contributed by atoms with van der Waals surface area (Å²) in [5.74, 6) is 0.481. The number of aromatic nitrogens is 3.